The van der Waals surface area contributed by atoms with Crippen LogP contribution >= 0.6 is 0 Å². The maximum atomic E-state index is 5.23. The standard InChI is InChI=1S/C16H20N2O/c1-10(16-11(2)18-19-12(16)3)17-9-14-8-13-6-4-5-7-15(13)14/h4-7,10,14,17H,8-9H2,1-3H3. The molecule has 19 heavy (non-hydrogen) atoms. The Hall–Kier alpha value is -1.61. The predicted molar refractivity (Wildman–Crippen MR) is 75.3 cm³/mol. The van der Waals surface area contributed by atoms with Gasteiger partial charge in [0.1, 0.15) is 5.76 Å². The SMILES string of the molecule is Cc1noc(C)c1C(C)NCC1Cc2ccccc21. The zero-order valence-electron chi connectivity index (χ0n) is 11.7. The summed E-state index contributed by atoms with van der Waals surface area (Å²) in [6.07, 6.45) is 1.19. The first-order chi connectivity index (χ1) is 9.16. The molecule has 0 saturated carbocycles. The van der Waals surface area contributed by atoms with Crippen molar-refractivity contribution in [2.24, 2.45) is 0 Å². The normalized spacial score (nSPS) is 18.8. The number of hydrogen-bond acceptors (Lipinski definition) is 3. The Morgan fingerprint density at radius 2 is 2.16 bits per heavy atom. The fourth-order valence-corrected chi connectivity index (χ4v) is 3.07. The molecule has 2 atom stereocenters. The Bertz CT molecular complexity index is 569. The average molecular weight is 256 g/mol. The lowest BCUT2D eigenvalue weighted by molar-refractivity contribution is 0.390. The molecule has 1 N–H and O–H groups in total. The summed E-state index contributed by atoms with van der Waals surface area (Å²) in [5.41, 5.74) is 5.19. The summed E-state index contributed by atoms with van der Waals surface area (Å²) >= 11 is 0. The first-order valence-corrected chi connectivity index (χ1v) is 6.90. The second-order valence-electron chi connectivity index (χ2n) is 5.47. The van der Waals surface area contributed by atoms with Crippen LogP contribution in [-0.4, -0.2) is 11.7 Å². The van der Waals surface area contributed by atoms with Gasteiger partial charge in [-0.05, 0) is 38.3 Å². The number of benzene rings is 1. The molecule has 3 rings (SSSR count). The number of hydrogen-bond donors (Lipinski definition) is 1. The van der Waals surface area contributed by atoms with Crippen LogP contribution in [0.2, 0.25) is 0 Å². The lowest BCUT2D eigenvalue weighted by Gasteiger charge is -2.31. The van der Waals surface area contributed by atoms with E-state index in [-0.39, 0.29) is 0 Å². The van der Waals surface area contributed by atoms with Crippen molar-refractivity contribution in [2.45, 2.75) is 39.2 Å². The molecule has 0 aliphatic heterocycles. The fraction of sp³-hybridized carbons (Fsp3) is 0.438. The summed E-state index contributed by atoms with van der Waals surface area (Å²) in [4.78, 5) is 0. The topological polar surface area (TPSA) is 38.1 Å². The largest absolute Gasteiger partial charge is 0.361 e. The Balaban J connectivity index is 1.62. The van der Waals surface area contributed by atoms with Gasteiger partial charge >= 0.3 is 0 Å². The summed E-state index contributed by atoms with van der Waals surface area (Å²) in [5.74, 6) is 1.57. The van der Waals surface area contributed by atoms with E-state index in [2.05, 4.69) is 41.7 Å². The van der Waals surface area contributed by atoms with Gasteiger partial charge in [0.05, 0.1) is 5.69 Å². The highest BCUT2D eigenvalue weighted by atomic mass is 16.5. The molecule has 1 heterocycles. The summed E-state index contributed by atoms with van der Waals surface area (Å²) in [5, 5.41) is 7.63. The van der Waals surface area contributed by atoms with E-state index in [9.17, 15) is 0 Å². The van der Waals surface area contributed by atoms with Crippen LogP contribution in [0, 0.1) is 13.8 Å². The van der Waals surface area contributed by atoms with Gasteiger partial charge in [0, 0.05) is 24.1 Å². The maximum absolute atomic E-state index is 5.23. The first kappa shape index (κ1) is 12.4. The highest BCUT2D eigenvalue weighted by molar-refractivity contribution is 5.40. The van der Waals surface area contributed by atoms with E-state index in [4.69, 9.17) is 4.52 Å². The second-order valence-corrected chi connectivity index (χ2v) is 5.47. The molecule has 1 aliphatic carbocycles. The number of aryl methyl sites for hydroxylation is 2. The summed E-state index contributed by atoms with van der Waals surface area (Å²) in [7, 11) is 0. The quantitative estimate of drug-likeness (QED) is 0.912. The van der Waals surface area contributed by atoms with E-state index < -0.39 is 0 Å². The van der Waals surface area contributed by atoms with Crippen molar-refractivity contribution in [1.82, 2.24) is 10.5 Å². The van der Waals surface area contributed by atoms with Crippen molar-refractivity contribution in [2.75, 3.05) is 6.54 Å². The van der Waals surface area contributed by atoms with Gasteiger partial charge in [-0.1, -0.05) is 29.4 Å². The van der Waals surface area contributed by atoms with Gasteiger partial charge < -0.3 is 9.84 Å². The van der Waals surface area contributed by atoms with Crippen LogP contribution in [-0.2, 0) is 6.42 Å². The molecule has 0 spiro atoms. The van der Waals surface area contributed by atoms with Gasteiger partial charge in [0.2, 0.25) is 0 Å². The molecule has 0 radical (unpaired) electrons. The molecule has 1 aromatic carbocycles. The van der Waals surface area contributed by atoms with Crippen molar-refractivity contribution in [1.29, 1.82) is 0 Å². The third-order valence-electron chi connectivity index (χ3n) is 4.15. The number of rotatable bonds is 4. The molecule has 0 fully saturated rings. The van der Waals surface area contributed by atoms with Gasteiger partial charge in [-0.3, -0.25) is 0 Å². The van der Waals surface area contributed by atoms with Crippen LogP contribution in [0.1, 0.15) is 47.0 Å². The Morgan fingerprint density at radius 3 is 2.84 bits per heavy atom. The zero-order chi connectivity index (χ0) is 13.4. The fourth-order valence-electron chi connectivity index (χ4n) is 3.07. The van der Waals surface area contributed by atoms with Crippen LogP contribution < -0.4 is 5.32 Å². The van der Waals surface area contributed by atoms with Gasteiger partial charge in [-0.25, -0.2) is 0 Å². The Morgan fingerprint density at radius 1 is 1.37 bits per heavy atom. The zero-order valence-corrected chi connectivity index (χ0v) is 11.7. The van der Waals surface area contributed by atoms with Crippen molar-refractivity contribution in [3.63, 3.8) is 0 Å². The molecule has 3 heteroatoms. The molecule has 0 saturated heterocycles. The minimum absolute atomic E-state index is 0.291. The molecule has 1 aromatic heterocycles. The lowest BCUT2D eigenvalue weighted by Crippen LogP contribution is -2.31. The summed E-state index contributed by atoms with van der Waals surface area (Å²) in [6, 6.07) is 9.01. The van der Waals surface area contributed by atoms with E-state index in [0.717, 1.165) is 18.0 Å². The number of nitrogens with one attached hydrogen (secondary N) is 1. The van der Waals surface area contributed by atoms with Gasteiger partial charge in [0.15, 0.2) is 0 Å². The smallest absolute Gasteiger partial charge is 0.138 e. The van der Waals surface area contributed by atoms with E-state index in [0.29, 0.717) is 12.0 Å². The predicted octanol–water partition coefficient (Wildman–Crippen LogP) is 3.28. The highest BCUT2D eigenvalue weighted by Crippen LogP contribution is 2.34. The van der Waals surface area contributed by atoms with Gasteiger partial charge in [-0.15, -0.1) is 0 Å². The molecular formula is C16H20N2O. The summed E-state index contributed by atoms with van der Waals surface area (Å²) in [6.45, 7) is 7.17. The minimum atomic E-state index is 0.291. The Kier molecular flexibility index (Phi) is 3.15. The van der Waals surface area contributed by atoms with Crippen molar-refractivity contribution in [3.05, 3.63) is 52.4 Å². The van der Waals surface area contributed by atoms with E-state index in [1.54, 1.807) is 0 Å². The maximum Gasteiger partial charge on any atom is 0.138 e. The summed E-state index contributed by atoms with van der Waals surface area (Å²) < 4.78 is 5.23. The third kappa shape index (κ3) is 2.19. The molecule has 3 nitrogen and oxygen atoms in total. The monoisotopic (exact) mass is 256 g/mol. The molecule has 2 unspecified atom stereocenters. The molecule has 1 aliphatic rings. The van der Waals surface area contributed by atoms with E-state index >= 15 is 0 Å². The molecule has 100 valence electrons. The molecule has 0 bridgehead atoms. The van der Waals surface area contributed by atoms with Crippen LogP contribution in [0.15, 0.2) is 28.8 Å². The van der Waals surface area contributed by atoms with E-state index in [1.165, 1.54) is 23.1 Å². The van der Waals surface area contributed by atoms with Crippen LogP contribution in [0.5, 0.6) is 0 Å². The average Bonchev–Trinajstić information content (AvgIpc) is 2.70. The van der Waals surface area contributed by atoms with Gasteiger partial charge in [0.25, 0.3) is 0 Å². The van der Waals surface area contributed by atoms with Crippen LogP contribution in [0.3, 0.4) is 0 Å². The molecule has 0 amide bonds. The highest BCUT2D eigenvalue weighted by Gasteiger charge is 2.26. The van der Waals surface area contributed by atoms with Crippen LogP contribution in [0.4, 0.5) is 0 Å². The van der Waals surface area contributed by atoms with E-state index in [1.807, 2.05) is 13.8 Å². The van der Waals surface area contributed by atoms with Crippen molar-refractivity contribution >= 4 is 0 Å². The second kappa shape index (κ2) is 4.82. The first-order valence-electron chi connectivity index (χ1n) is 6.90. The Labute approximate surface area is 114 Å². The van der Waals surface area contributed by atoms with Crippen molar-refractivity contribution in [3.8, 4) is 0 Å². The van der Waals surface area contributed by atoms with Gasteiger partial charge in [-0.2, -0.15) is 0 Å². The lowest BCUT2D eigenvalue weighted by atomic mass is 9.77. The number of aromatic nitrogens is 1. The van der Waals surface area contributed by atoms with Crippen LogP contribution in [0.25, 0.3) is 0 Å². The third-order valence-corrected chi connectivity index (χ3v) is 4.15. The molecule has 2 aromatic rings. The van der Waals surface area contributed by atoms with Crippen molar-refractivity contribution < 1.29 is 4.52 Å². The minimum Gasteiger partial charge on any atom is -0.361 e. The molecular weight excluding hydrogens is 236 g/mol. The number of fused-ring (bicyclic) bond motifs is 1. The number of nitrogens with zero attached hydrogens (tertiary/aromatic N) is 1.